The zero-order valence-corrected chi connectivity index (χ0v) is 8.55. The van der Waals surface area contributed by atoms with Crippen molar-refractivity contribution in [3.05, 3.63) is 35.6 Å². The van der Waals surface area contributed by atoms with Crippen molar-refractivity contribution in [2.24, 2.45) is 0 Å². The Morgan fingerprint density at radius 3 is 2.93 bits per heavy atom. The number of nitrogens with two attached hydrogens (primary N) is 1. The molecule has 0 fully saturated rings. The molecule has 2 heterocycles. The number of nitrogens with one attached hydrogen (secondary N) is 1. The lowest BCUT2D eigenvalue weighted by Gasteiger charge is -1.95. The zero-order chi connectivity index (χ0) is 10.4. The minimum Gasteiger partial charge on any atom is -0.397 e. The van der Waals surface area contributed by atoms with E-state index in [2.05, 4.69) is 9.97 Å². The first-order chi connectivity index (χ1) is 7.25. The van der Waals surface area contributed by atoms with Gasteiger partial charge in [-0.1, -0.05) is 11.6 Å². The van der Waals surface area contributed by atoms with E-state index in [4.69, 9.17) is 17.3 Å². The van der Waals surface area contributed by atoms with Gasteiger partial charge in [-0.15, -0.1) is 0 Å². The summed E-state index contributed by atoms with van der Waals surface area (Å²) in [4.78, 5) is 7.29. The van der Waals surface area contributed by atoms with Crippen LogP contribution < -0.4 is 5.73 Å². The fraction of sp³-hybridized carbons (Fsp3) is 0. The summed E-state index contributed by atoms with van der Waals surface area (Å²) in [5.74, 6) is 0. The van der Waals surface area contributed by atoms with Gasteiger partial charge in [-0.25, -0.2) is 0 Å². The number of pyridine rings is 1. The second-order valence-corrected chi connectivity index (χ2v) is 3.90. The van der Waals surface area contributed by atoms with Crippen molar-refractivity contribution in [2.75, 3.05) is 5.73 Å². The van der Waals surface area contributed by atoms with Crippen molar-refractivity contribution in [1.29, 1.82) is 0 Å². The molecular weight excluding hydrogens is 210 g/mol. The van der Waals surface area contributed by atoms with Crippen LogP contribution in [0.1, 0.15) is 0 Å². The molecule has 0 radical (unpaired) electrons. The third kappa shape index (κ3) is 1.17. The second kappa shape index (κ2) is 2.87. The summed E-state index contributed by atoms with van der Waals surface area (Å²) in [6.45, 7) is 0. The van der Waals surface area contributed by atoms with Crippen LogP contribution in [0.25, 0.3) is 21.8 Å². The summed E-state index contributed by atoms with van der Waals surface area (Å²) < 4.78 is 0. The van der Waals surface area contributed by atoms with Crippen molar-refractivity contribution < 1.29 is 0 Å². The molecule has 4 heteroatoms. The lowest BCUT2D eigenvalue weighted by Crippen LogP contribution is -1.86. The minimum atomic E-state index is 0.668. The van der Waals surface area contributed by atoms with E-state index >= 15 is 0 Å². The van der Waals surface area contributed by atoms with E-state index in [0.29, 0.717) is 10.7 Å². The Labute approximate surface area is 90.9 Å². The van der Waals surface area contributed by atoms with Crippen LogP contribution in [0.4, 0.5) is 5.69 Å². The summed E-state index contributed by atoms with van der Waals surface area (Å²) in [5, 5.41) is 2.74. The molecular formula is C11H8ClN3. The maximum atomic E-state index is 5.96. The fourth-order valence-corrected chi connectivity index (χ4v) is 2.02. The lowest BCUT2D eigenvalue weighted by atomic mass is 10.2. The Morgan fingerprint density at radius 1 is 1.20 bits per heavy atom. The molecule has 3 nitrogen and oxygen atoms in total. The van der Waals surface area contributed by atoms with Crippen LogP contribution in [0.3, 0.4) is 0 Å². The molecule has 0 aliphatic rings. The number of fused-ring (bicyclic) bond motifs is 3. The monoisotopic (exact) mass is 217 g/mol. The van der Waals surface area contributed by atoms with E-state index in [-0.39, 0.29) is 0 Å². The van der Waals surface area contributed by atoms with Crippen LogP contribution in [-0.2, 0) is 0 Å². The van der Waals surface area contributed by atoms with E-state index in [1.165, 1.54) is 0 Å². The lowest BCUT2D eigenvalue weighted by molar-refractivity contribution is 1.35. The molecule has 3 N–H and O–H groups in total. The number of nitrogens with zero attached hydrogens (tertiary/aromatic N) is 1. The predicted octanol–water partition coefficient (Wildman–Crippen LogP) is 2.95. The molecule has 0 unspecified atom stereocenters. The van der Waals surface area contributed by atoms with Crippen LogP contribution in [0.15, 0.2) is 30.6 Å². The first-order valence-corrected chi connectivity index (χ1v) is 4.94. The maximum absolute atomic E-state index is 5.96. The minimum absolute atomic E-state index is 0.668. The van der Waals surface area contributed by atoms with E-state index in [0.717, 1.165) is 21.8 Å². The van der Waals surface area contributed by atoms with Gasteiger partial charge in [-0.05, 0) is 18.2 Å². The largest absolute Gasteiger partial charge is 0.397 e. The molecule has 74 valence electrons. The summed E-state index contributed by atoms with van der Waals surface area (Å²) in [7, 11) is 0. The van der Waals surface area contributed by atoms with E-state index in [9.17, 15) is 0 Å². The van der Waals surface area contributed by atoms with Gasteiger partial charge in [0.1, 0.15) is 0 Å². The van der Waals surface area contributed by atoms with E-state index in [1.807, 2.05) is 18.2 Å². The molecule has 0 aliphatic carbocycles. The summed E-state index contributed by atoms with van der Waals surface area (Å²) >= 11 is 5.96. The number of hydrogen-bond donors (Lipinski definition) is 2. The van der Waals surface area contributed by atoms with Crippen LogP contribution in [-0.4, -0.2) is 9.97 Å². The van der Waals surface area contributed by atoms with Gasteiger partial charge in [-0.3, -0.25) is 4.98 Å². The predicted molar refractivity (Wildman–Crippen MR) is 63.0 cm³/mol. The van der Waals surface area contributed by atoms with Gasteiger partial charge in [0, 0.05) is 21.3 Å². The number of nitrogen functional groups attached to an aromatic ring is 1. The van der Waals surface area contributed by atoms with Crippen LogP contribution >= 0.6 is 11.6 Å². The van der Waals surface area contributed by atoms with Gasteiger partial charge in [0.25, 0.3) is 0 Å². The smallest absolute Gasteiger partial charge is 0.0672 e. The Morgan fingerprint density at radius 2 is 2.07 bits per heavy atom. The van der Waals surface area contributed by atoms with Crippen molar-refractivity contribution in [3.8, 4) is 0 Å². The molecule has 0 spiro atoms. The third-order valence-corrected chi connectivity index (χ3v) is 2.73. The van der Waals surface area contributed by atoms with E-state index < -0.39 is 0 Å². The van der Waals surface area contributed by atoms with Gasteiger partial charge < -0.3 is 10.7 Å². The molecule has 0 atom stereocenters. The van der Waals surface area contributed by atoms with Crippen LogP contribution in [0.5, 0.6) is 0 Å². The fourth-order valence-electron chi connectivity index (χ4n) is 1.85. The number of halogens is 1. The average molecular weight is 218 g/mol. The summed E-state index contributed by atoms with van der Waals surface area (Å²) in [6.07, 6.45) is 3.41. The number of rotatable bonds is 0. The first kappa shape index (κ1) is 8.56. The molecule has 0 amide bonds. The number of H-pyrrole nitrogens is 1. The molecule has 0 saturated carbocycles. The standard InChI is InChI=1S/C11H8ClN3/c12-6-1-2-9-7(3-6)11-8(13)4-14-5-10(11)15-9/h1-5,15H,13H2. The van der Waals surface area contributed by atoms with Crippen LogP contribution in [0, 0.1) is 0 Å². The average Bonchev–Trinajstić information content (AvgIpc) is 2.57. The number of anilines is 1. The van der Waals surface area contributed by atoms with Crippen molar-refractivity contribution in [1.82, 2.24) is 9.97 Å². The Bertz CT molecular complexity index is 657. The Hall–Kier alpha value is -1.74. The number of hydrogen-bond acceptors (Lipinski definition) is 2. The highest BCUT2D eigenvalue weighted by Crippen LogP contribution is 2.30. The molecule has 2 aromatic heterocycles. The quantitative estimate of drug-likeness (QED) is 0.608. The zero-order valence-electron chi connectivity index (χ0n) is 7.79. The van der Waals surface area contributed by atoms with Gasteiger partial charge in [0.2, 0.25) is 0 Å². The van der Waals surface area contributed by atoms with Crippen molar-refractivity contribution >= 4 is 39.1 Å². The number of aromatic nitrogens is 2. The third-order valence-electron chi connectivity index (χ3n) is 2.50. The van der Waals surface area contributed by atoms with Gasteiger partial charge in [0.15, 0.2) is 0 Å². The van der Waals surface area contributed by atoms with Crippen molar-refractivity contribution in [2.45, 2.75) is 0 Å². The molecule has 0 bridgehead atoms. The highest BCUT2D eigenvalue weighted by Gasteiger charge is 2.07. The first-order valence-electron chi connectivity index (χ1n) is 4.56. The normalized spacial score (nSPS) is 11.3. The highest BCUT2D eigenvalue weighted by atomic mass is 35.5. The number of benzene rings is 1. The molecule has 3 rings (SSSR count). The summed E-state index contributed by atoms with van der Waals surface area (Å²) in [5.41, 5.74) is 8.52. The molecule has 15 heavy (non-hydrogen) atoms. The molecule has 1 aromatic carbocycles. The topological polar surface area (TPSA) is 54.7 Å². The van der Waals surface area contributed by atoms with Crippen molar-refractivity contribution in [3.63, 3.8) is 0 Å². The van der Waals surface area contributed by atoms with E-state index in [1.54, 1.807) is 12.4 Å². The second-order valence-electron chi connectivity index (χ2n) is 3.47. The Kier molecular flexibility index (Phi) is 1.64. The highest BCUT2D eigenvalue weighted by molar-refractivity contribution is 6.32. The van der Waals surface area contributed by atoms with Gasteiger partial charge >= 0.3 is 0 Å². The van der Waals surface area contributed by atoms with Gasteiger partial charge in [0.05, 0.1) is 23.6 Å². The van der Waals surface area contributed by atoms with Gasteiger partial charge in [-0.2, -0.15) is 0 Å². The number of aromatic amines is 1. The van der Waals surface area contributed by atoms with Crippen LogP contribution in [0.2, 0.25) is 5.02 Å². The summed E-state index contributed by atoms with van der Waals surface area (Å²) in [6, 6.07) is 5.70. The maximum Gasteiger partial charge on any atom is 0.0672 e. The molecule has 3 aromatic rings. The Balaban J connectivity index is 2.61. The molecule has 0 aliphatic heterocycles. The molecule has 0 saturated heterocycles. The SMILES string of the molecule is Nc1cncc2[nH]c3ccc(Cl)cc3c12.